The molecule has 1 aliphatic heterocycles. The number of cyclic esters (lactones) is 1. The van der Waals surface area contributed by atoms with E-state index in [0.29, 0.717) is 17.0 Å². The Balaban J connectivity index is 2.08. The Hall–Kier alpha value is -2.82. The van der Waals surface area contributed by atoms with Crippen molar-refractivity contribution in [2.75, 3.05) is 7.11 Å². The van der Waals surface area contributed by atoms with Crippen LogP contribution in [0.1, 0.15) is 27.2 Å². The van der Waals surface area contributed by atoms with E-state index in [1.54, 1.807) is 26.2 Å². The number of carbonyl (C=O) groups excluding carboxylic acids is 1. The summed E-state index contributed by atoms with van der Waals surface area (Å²) in [7, 11) is 1.59. The fourth-order valence-corrected chi connectivity index (χ4v) is 2.25. The molecule has 0 aliphatic carbocycles. The zero-order valence-corrected chi connectivity index (χ0v) is 11.6. The number of H-pyrrole nitrogens is 1. The lowest BCUT2D eigenvalue weighted by Gasteiger charge is -2.02. The SMILES string of the molecule is COc1ccc(/C=C2/OC(=O)c3c2cc(C)[nH]c3=O)cc1. The first-order chi connectivity index (χ1) is 10.1. The Morgan fingerprint density at radius 2 is 1.90 bits per heavy atom. The summed E-state index contributed by atoms with van der Waals surface area (Å²) in [6.45, 7) is 1.76. The molecule has 0 amide bonds. The van der Waals surface area contributed by atoms with Gasteiger partial charge in [-0.1, -0.05) is 12.1 Å². The van der Waals surface area contributed by atoms with E-state index in [9.17, 15) is 9.59 Å². The van der Waals surface area contributed by atoms with Crippen molar-refractivity contribution < 1.29 is 14.3 Å². The number of rotatable bonds is 2. The predicted octanol–water partition coefficient (Wildman–Crippen LogP) is 2.36. The van der Waals surface area contributed by atoms with Crippen molar-refractivity contribution in [1.82, 2.24) is 4.98 Å². The highest BCUT2D eigenvalue weighted by molar-refractivity contribution is 6.05. The average Bonchev–Trinajstić information content (AvgIpc) is 2.76. The molecule has 5 heteroatoms. The Morgan fingerprint density at radius 1 is 1.19 bits per heavy atom. The van der Waals surface area contributed by atoms with Crippen LogP contribution in [0.5, 0.6) is 5.75 Å². The van der Waals surface area contributed by atoms with Crippen LogP contribution in [-0.2, 0) is 4.74 Å². The number of aromatic nitrogens is 1. The van der Waals surface area contributed by atoms with Crippen molar-refractivity contribution in [2.24, 2.45) is 0 Å². The average molecular weight is 283 g/mol. The van der Waals surface area contributed by atoms with Gasteiger partial charge in [-0.2, -0.15) is 0 Å². The molecule has 0 radical (unpaired) electrons. The van der Waals surface area contributed by atoms with Gasteiger partial charge in [0.1, 0.15) is 17.1 Å². The van der Waals surface area contributed by atoms with Crippen molar-refractivity contribution in [3.63, 3.8) is 0 Å². The summed E-state index contributed by atoms with van der Waals surface area (Å²) in [5.41, 5.74) is 1.69. The maximum Gasteiger partial charge on any atom is 0.349 e. The number of nitrogens with one attached hydrogen (secondary N) is 1. The van der Waals surface area contributed by atoms with Gasteiger partial charge in [0.25, 0.3) is 5.56 Å². The molecule has 0 atom stereocenters. The lowest BCUT2D eigenvalue weighted by molar-refractivity contribution is 0.0715. The number of hydrogen-bond donors (Lipinski definition) is 1. The third-order valence-electron chi connectivity index (χ3n) is 3.25. The van der Waals surface area contributed by atoms with Crippen molar-refractivity contribution in [3.05, 3.63) is 63.1 Å². The molecule has 2 aromatic rings. The van der Waals surface area contributed by atoms with Crippen LogP contribution in [0.2, 0.25) is 0 Å². The zero-order chi connectivity index (χ0) is 15.0. The van der Waals surface area contributed by atoms with Crippen LogP contribution in [-0.4, -0.2) is 18.1 Å². The Kier molecular flexibility index (Phi) is 3.10. The fraction of sp³-hybridized carbons (Fsp3) is 0.125. The first-order valence-electron chi connectivity index (χ1n) is 6.40. The molecule has 1 aliphatic rings. The van der Waals surface area contributed by atoms with Gasteiger partial charge in [-0.25, -0.2) is 4.79 Å². The molecule has 21 heavy (non-hydrogen) atoms. The second-order valence-electron chi connectivity index (χ2n) is 4.74. The summed E-state index contributed by atoms with van der Waals surface area (Å²) < 4.78 is 10.3. The molecular formula is C16H13NO4. The molecule has 5 nitrogen and oxygen atoms in total. The molecule has 1 N–H and O–H groups in total. The van der Waals surface area contributed by atoms with Gasteiger partial charge in [0.15, 0.2) is 0 Å². The number of aromatic amines is 1. The number of aryl methyl sites for hydroxylation is 1. The molecule has 3 rings (SSSR count). The summed E-state index contributed by atoms with van der Waals surface area (Å²) >= 11 is 0. The van der Waals surface area contributed by atoms with Crippen molar-refractivity contribution in [3.8, 4) is 5.75 Å². The number of methoxy groups -OCH3 is 1. The second kappa shape index (κ2) is 4.94. The maximum atomic E-state index is 11.8. The molecule has 1 aromatic carbocycles. The number of benzene rings is 1. The third-order valence-corrected chi connectivity index (χ3v) is 3.25. The lowest BCUT2D eigenvalue weighted by atomic mass is 10.1. The van der Waals surface area contributed by atoms with Gasteiger partial charge in [0.05, 0.1) is 7.11 Å². The number of fused-ring (bicyclic) bond motifs is 1. The molecule has 0 spiro atoms. The van der Waals surface area contributed by atoms with Crippen LogP contribution in [0.25, 0.3) is 11.8 Å². The Morgan fingerprint density at radius 3 is 2.57 bits per heavy atom. The van der Waals surface area contributed by atoms with E-state index in [-0.39, 0.29) is 5.56 Å². The van der Waals surface area contributed by atoms with E-state index in [1.165, 1.54) is 0 Å². The number of esters is 1. The van der Waals surface area contributed by atoms with Gasteiger partial charge in [-0.3, -0.25) is 4.79 Å². The lowest BCUT2D eigenvalue weighted by Crippen LogP contribution is -2.16. The molecule has 0 bridgehead atoms. The van der Waals surface area contributed by atoms with E-state index < -0.39 is 11.5 Å². The minimum atomic E-state index is -0.619. The summed E-state index contributed by atoms with van der Waals surface area (Å²) in [6.07, 6.45) is 1.72. The number of ether oxygens (including phenoxy) is 2. The van der Waals surface area contributed by atoms with Crippen LogP contribution in [0.3, 0.4) is 0 Å². The van der Waals surface area contributed by atoms with Gasteiger partial charge in [-0.05, 0) is 36.8 Å². The minimum absolute atomic E-state index is 0.0559. The Labute approximate surface area is 120 Å². The number of pyridine rings is 1. The monoisotopic (exact) mass is 283 g/mol. The zero-order valence-electron chi connectivity index (χ0n) is 11.6. The molecule has 0 saturated heterocycles. The van der Waals surface area contributed by atoms with Gasteiger partial charge < -0.3 is 14.5 Å². The molecule has 0 fully saturated rings. The van der Waals surface area contributed by atoms with E-state index in [2.05, 4.69) is 4.98 Å². The van der Waals surface area contributed by atoms with E-state index >= 15 is 0 Å². The van der Waals surface area contributed by atoms with Crippen LogP contribution in [0.4, 0.5) is 0 Å². The van der Waals surface area contributed by atoms with Gasteiger partial charge in [-0.15, -0.1) is 0 Å². The van der Waals surface area contributed by atoms with Crippen LogP contribution in [0, 0.1) is 6.92 Å². The fourth-order valence-electron chi connectivity index (χ4n) is 2.25. The predicted molar refractivity (Wildman–Crippen MR) is 78.1 cm³/mol. The van der Waals surface area contributed by atoms with Crippen LogP contribution < -0.4 is 10.3 Å². The molecule has 1 aromatic heterocycles. The first kappa shape index (κ1) is 13.2. The standard InChI is InChI=1S/C16H13NO4/c1-9-7-12-13(21-16(19)14(12)15(18)17-9)8-10-3-5-11(20-2)6-4-10/h3-8H,1-2H3,(H,17,18)/b13-8+. The van der Waals surface area contributed by atoms with Gasteiger partial charge in [0, 0.05) is 11.3 Å². The highest BCUT2D eigenvalue weighted by Crippen LogP contribution is 2.29. The molecule has 2 heterocycles. The third kappa shape index (κ3) is 2.33. The smallest absolute Gasteiger partial charge is 0.349 e. The summed E-state index contributed by atoms with van der Waals surface area (Å²) in [4.78, 5) is 26.2. The summed E-state index contributed by atoms with van der Waals surface area (Å²) in [5.74, 6) is 0.508. The van der Waals surface area contributed by atoms with Gasteiger partial charge >= 0.3 is 5.97 Å². The van der Waals surface area contributed by atoms with Gasteiger partial charge in [0.2, 0.25) is 0 Å². The highest BCUT2D eigenvalue weighted by Gasteiger charge is 2.29. The van der Waals surface area contributed by atoms with Crippen LogP contribution in [0.15, 0.2) is 35.1 Å². The van der Waals surface area contributed by atoms with Crippen LogP contribution >= 0.6 is 0 Å². The summed E-state index contributed by atoms with van der Waals surface area (Å²) in [5, 5.41) is 0. The van der Waals surface area contributed by atoms with E-state index in [4.69, 9.17) is 9.47 Å². The van der Waals surface area contributed by atoms with Crippen molar-refractivity contribution >= 4 is 17.8 Å². The number of carbonyl (C=O) groups is 1. The first-order valence-corrected chi connectivity index (χ1v) is 6.40. The topological polar surface area (TPSA) is 68.4 Å². The Bertz CT molecular complexity index is 800. The molecule has 0 unspecified atom stereocenters. The van der Waals surface area contributed by atoms with Crippen molar-refractivity contribution in [2.45, 2.75) is 6.92 Å². The van der Waals surface area contributed by atoms with Crippen molar-refractivity contribution in [1.29, 1.82) is 0 Å². The maximum absolute atomic E-state index is 11.8. The molecule has 106 valence electrons. The second-order valence-corrected chi connectivity index (χ2v) is 4.74. The molecule has 0 saturated carbocycles. The minimum Gasteiger partial charge on any atom is -0.497 e. The highest BCUT2D eigenvalue weighted by atomic mass is 16.5. The molecular weight excluding hydrogens is 270 g/mol. The van der Waals surface area contributed by atoms with E-state index in [1.807, 2.05) is 24.3 Å². The normalized spacial score (nSPS) is 15.0. The van der Waals surface area contributed by atoms with E-state index in [0.717, 1.165) is 11.3 Å². The summed E-state index contributed by atoms with van der Waals surface area (Å²) in [6, 6.07) is 9.05. The number of hydrogen-bond acceptors (Lipinski definition) is 4. The quantitative estimate of drug-likeness (QED) is 0.859. The largest absolute Gasteiger partial charge is 0.497 e.